The fourth-order valence-corrected chi connectivity index (χ4v) is 4.47. The molecule has 1 unspecified atom stereocenters. The van der Waals surface area contributed by atoms with E-state index in [0.717, 1.165) is 12.3 Å². The van der Waals surface area contributed by atoms with E-state index >= 15 is 0 Å². The predicted molar refractivity (Wildman–Crippen MR) is 121 cm³/mol. The minimum atomic E-state index is 0.435. The topological polar surface area (TPSA) is 0 Å². The monoisotopic (exact) mass is 368 g/mol. The number of hydrogen-bond donors (Lipinski definition) is 0. The van der Waals surface area contributed by atoms with Crippen LogP contribution in [0, 0.1) is 11.8 Å². The van der Waals surface area contributed by atoms with Gasteiger partial charge in [0.25, 0.3) is 0 Å². The maximum absolute atomic E-state index is 2.40. The molecule has 4 rings (SSSR count). The minimum Gasteiger partial charge on any atom is -0.0836 e. The summed E-state index contributed by atoms with van der Waals surface area (Å²) < 4.78 is 0. The van der Waals surface area contributed by atoms with Crippen molar-refractivity contribution in [3.63, 3.8) is 0 Å². The highest BCUT2D eigenvalue weighted by molar-refractivity contribution is 5.60. The van der Waals surface area contributed by atoms with Gasteiger partial charge < -0.3 is 0 Å². The van der Waals surface area contributed by atoms with E-state index in [-0.39, 0.29) is 0 Å². The van der Waals surface area contributed by atoms with Gasteiger partial charge >= 0.3 is 0 Å². The molecule has 0 heteroatoms. The zero-order valence-electron chi connectivity index (χ0n) is 17.3. The molecule has 0 saturated heterocycles. The Morgan fingerprint density at radius 2 is 1.75 bits per heavy atom. The summed E-state index contributed by atoms with van der Waals surface area (Å²) in [5.74, 6) is 1.24. The Kier molecular flexibility index (Phi) is 5.95. The molecule has 0 radical (unpaired) electrons. The van der Waals surface area contributed by atoms with Crippen LogP contribution in [0.1, 0.15) is 50.7 Å². The second kappa shape index (κ2) is 8.78. The lowest BCUT2D eigenvalue weighted by molar-refractivity contribution is 0.556. The Morgan fingerprint density at radius 3 is 2.50 bits per heavy atom. The summed E-state index contributed by atoms with van der Waals surface area (Å²) in [7, 11) is 0. The molecule has 0 aromatic heterocycles. The number of allylic oxidation sites excluding steroid dienone is 12. The van der Waals surface area contributed by atoms with E-state index in [0.29, 0.717) is 5.92 Å². The van der Waals surface area contributed by atoms with Gasteiger partial charge in [0.1, 0.15) is 0 Å². The Bertz CT molecular complexity index is 878. The average Bonchev–Trinajstić information content (AvgIpc) is 3.20. The largest absolute Gasteiger partial charge is 0.0836 e. The Balaban J connectivity index is 1.46. The van der Waals surface area contributed by atoms with Gasteiger partial charge in [0.15, 0.2) is 0 Å². The SMILES string of the molecule is CC(C)CCCc1ccc(CC2=CC=C(C3=CCCC=C3)C3C=CC=C23)cc1. The van der Waals surface area contributed by atoms with Crippen LogP contribution >= 0.6 is 0 Å². The van der Waals surface area contributed by atoms with Gasteiger partial charge in [0.2, 0.25) is 0 Å². The van der Waals surface area contributed by atoms with E-state index < -0.39 is 0 Å². The van der Waals surface area contributed by atoms with Gasteiger partial charge in [0, 0.05) is 5.92 Å². The molecule has 0 spiro atoms. The Morgan fingerprint density at radius 1 is 0.929 bits per heavy atom. The van der Waals surface area contributed by atoms with Crippen LogP contribution in [0.3, 0.4) is 0 Å². The molecular weight excluding hydrogens is 336 g/mol. The summed E-state index contributed by atoms with van der Waals surface area (Å²) in [5.41, 5.74) is 8.71. The summed E-state index contributed by atoms with van der Waals surface area (Å²) in [6.07, 6.45) is 25.8. The average molecular weight is 369 g/mol. The van der Waals surface area contributed by atoms with Crippen LogP contribution in [0.2, 0.25) is 0 Å². The van der Waals surface area contributed by atoms with Crippen LogP contribution in [0.25, 0.3) is 0 Å². The first kappa shape index (κ1) is 19.0. The minimum absolute atomic E-state index is 0.435. The first-order chi connectivity index (χ1) is 13.7. The molecule has 0 bridgehead atoms. The molecule has 3 aliphatic rings. The lowest BCUT2D eigenvalue weighted by atomic mass is 9.78. The first-order valence-electron chi connectivity index (χ1n) is 10.9. The fourth-order valence-electron chi connectivity index (χ4n) is 4.47. The summed E-state index contributed by atoms with van der Waals surface area (Å²) in [5, 5.41) is 0. The van der Waals surface area contributed by atoms with Crippen LogP contribution in [-0.2, 0) is 12.8 Å². The van der Waals surface area contributed by atoms with E-state index in [1.54, 1.807) is 0 Å². The molecular formula is C28H32. The second-order valence-electron chi connectivity index (χ2n) is 8.72. The molecule has 0 amide bonds. The van der Waals surface area contributed by atoms with Gasteiger partial charge in [-0.15, -0.1) is 0 Å². The normalized spacial score (nSPS) is 20.6. The van der Waals surface area contributed by atoms with E-state index in [2.05, 4.69) is 86.7 Å². The van der Waals surface area contributed by atoms with Crippen molar-refractivity contribution in [2.24, 2.45) is 11.8 Å². The lowest BCUT2D eigenvalue weighted by Crippen LogP contribution is -2.12. The van der Waals surface area contributed by atoms with Gasteiger partial charge in [-0.2, -0.15) is 0 Å². The van der Waals surface area contributed by atoms with Gasteiger partial charge in [0.05, 0.1) is 0 Å². The van der Waals surface area contributed by atoms with Crippen molar-refractivity contribution in [1.82, 2.24) is 0 Å². The summed E-state index contributed by atoms with van der Waals surface area (Å²) in [6.45, 7) is 4.61. The standard InChI is InChI=1S/C28H32/c1-21(2)8-6-9-22-14-16-23(17-15-22)20-25-18-19-27(24-10-4-3-5-11-24)28-13-7-12-26(25)28/h4,7,10-19,21,28H,3,5-6,8-9,20H2,1-2H3. The van der Waals surface area contributed by atoms with E-state index in [9.17, 15) is 0 Å². The van der Waals surface area contributed by atoms with Crippen LogP contribution in [0.15, 0.2) is 95.2 Å². The molecule has 0 N–H and O–H groups in total. The zero-order valence-corrected chi connectivity index (χ0v) is 17.3. The molecule has 144 valence electrons. The van der Waals surface area contributed by atoms with Crippen LogP contribution in [-0.4, -0.2) is 0 Å². The third-order valence-electron chi connectivity index (χ3n) is 6.08. The molecule has 1 atom stereocenters. The van der Waals surface area contributed by atoms with Crippen molar-refractivity contribution in [2.75, 3.05) is 0 Å². The number of fused-ring (bicyclic) bond motifs is 1. The first-order valence-corrected chi connectivity index (χ1v) is 10.9. The molecule has 0 saturated carbocycles. The van der Waals surface area contributed by atoms with Crippen molar-refractivity contribution < 1.29 is 0 Å². The highest BCUT2D eigenvalue weighted by Gasteiger charge is 2.26. The predicted octanol–water partition coefficient (Wildman–Crippen LogP) is 7.46. The lowest BCUT2D eigenvalue weighted by Gasteiger charge is -2.26. The van der Waals surface area contributed by atoms with Crippen LogP contribution < -0.4 is 0 Å². The molecule has 0 fully saturated rings. The maximum Gasteiger partial charge on any atom is 0.0281 e. The molecule has 1 aromatic rings. The van der Waals surface area contributed by atoms with Crippen LogP contribution in [0.4, 0.5) is 0 Å². The smallest absolute Gasteiger partial charge is 0.0281 e. The number of benzene rings is 1. The van der Waals surface area contributed by atoms with Gasteiger partial charge in [-0.1, -0.05) is 93.1 Å². The third kappa shape index (κ3) is 4.38. The Hall–Kier alpha value is -2.34. The number of hydrogen-bond acceptors (Lipinski definition) is 0. The maximum atomic E-state index is 2.40. The van der Waals surface area contributed by atoms with Crippen molar-refractivity contribution in [2.45, 2.75) is 52.4 Å². The molecule has 0 aliphatic heterocycles. The highest BCUT2D eigenvalue weighted by Crippen LogP contribution is 2.40. The molecule has 1 aromatic carbocycles. The fraction of sp³-hybridized carbons (Fsp3) is 0.357. The number of aryl methyl sites for hydroxylation is 1. The van der Waals surface area contributed by atoms with Crippen LogP contribution in [0.5, 0.6) is 0 Å². The van der Waals surface area contributed by atoms with Crippen molar-refractivity contribution >= 4 is 0 Å². The van der Waals surface area contributed by atoms with Crippen molar-refractivity contribution in [3.05, 3.63) is 106 Å². The highest BCUT2D eigenvalue weighted by atomic mass is 14.3. The quantitative estimate of drug-likeness (QED) is 0.468. The van der Waals surface area contributed by atoms with Gasteiger partial charge in [-0.3, -0.25) is 0 Å². The van der Waals surface area contributed by atoms with Gasteiger partial charge in [-0.05, 0) is 71.4 Å². The van der Waals surface area contributed by atoms with Gasteiger partial charge in [-0.25, -0.2) is 0 Å². The summed E-state index contributed by atoms with van der Waals surface area (Å²) in [4.78, 5) is 0. The second-order valence-corrected chi connectivity index (χ2v) is 8.72. The van der Waals surface area contributed by atoms with E-state index in [1.165, 1.54) is 65.5 Å². The Labute approximate surface area is 170 Å². The van der Waals surface area contributed by atoms with Crippen molar-refractivity contribution in [3.8, 4) is 0 Å². The number of rotatable bonds is 7. The third-order valence-corrected chi connectivity index (χ3v) is 6.08. The molecule has 28 heavy (non-hydrogen) atoms. The summed E-state index contributed by atoms with van der Waals surface area (Å²) >= 11 is 0. The molecule has 0 heterocycles. The van der Waals surface area contributed by atoms with E-state index in [1.807, 2.05) is 0 Å². The molecule has 3 aliphatic carbocycles. The molecule has 0 nitrogen and oxygen atoms in total. The van der Waals surface area contributed by atoms with Crippen molar-refractivity contribution in [1.29, 1.82) is 0 Å². The summed E-state index contributed by atoms with van der Waals surface area (Å²) in [6, 6.07) is 9.32. The van der Waals surface area contributed by atoms with E-state index in [4.69, 9.17) is 0 Å². The zero-order chi connectivity index (χ0) is 19.3.